The first-order valence-corrected chi connectivity index (χ1v) is 7.31. The van der Waals surface area contributed by atoms with Crippen LogP contribution in [0.3, 0.4) is 0 Å². The Kier molecular flexibility index (Phi) is 4.42. The Morgan fingerprint density at radius 3 is 2.87 bits per heavy atom. The molecule has 1 heterocycles. The molecule has 0 atom stereocenters. The minimum atomic E-state index is 0.635. The van der Waals surface area contributed by atoms with Crippen molar-refractivity contribution in [3.63, 3.8) is 0 Å². The van der Waals surface area contributed by atoms with Crippen molar-refractivity contribution in [3.8, 4) is 0 Å². The lowest BCUT2D eigenvalue weighted by atomic mass is 10.1. The van der Waals surface area contributed by atoms with Gasteiger partial charge in [0.1, 0.15) is 0 Å². The van der Waals surface area contributed by atoms with E-state index in [1.54, 1.807) is 7.11 Å². The molecule has 0 N–H and O–H groups in total. The monoisotopic (exact) mass is 240 g/mol. The second kappa shape index (κ2) is 5.83. The molecule has 0 aromatic heterocycles. The zero-order valence-corrected chi connectivity index (χ0v) is 10.6. The molecule has 1 fully saturated rings. The lowest BCUT2D eigenvalue weighted by Crippen LogP contribution is -2.00. The standard InChI is InChI=1S/C12H16OS2/c1-13-9-10-4-2-5-11(8-10)12-14-6-3-7-15-12/h2,4-5,8,12H,3,6-7,9H2,1H3. The van der Waals surface area contributed by atoms with Crippen LogP contribution in [0, 0.1) is 0 Å². The van der Waals surface area contributed by atoms with Gasteiger partial charge in [0, 0.05) is 7.11 Å². The Morgan fingerprint density at radius 1 is 1.33 bits per heavy atom. The molecule has 15 heavy (non-hydrogen) atoms. The largest absolute Gasteiger partial charge is 0.380 e. The average molecular weight is 240 g/mol. The molecule has 3 heteroatoms. The van der Waals surface area contributed by atoms with Gasteiger partial charge in [-0.3, -0.25) is 0 Å². The summed E-state index contributed by atoms with van der Waals surface area (Å²) in [7, 11) is 1.75. The number of methoxy groups -OCH3 is 1. The smallest absolute Gasteiger partial charge is 0.0751 e. The normalized spacial score (nSPS) is 17.9. The molecule has 0 amide bonds. The molecule has 1 saturated heterocycles. The van der Waals surface area contributed by atoms with Crippen molar-refractivity contribution in [2.24, 2.45) is 0 Å². The minimum Gasteiger partial charge on any atom is -0.380 e. The summed E-state index contributed by atoms with van der Waals surface area (Å²) < 4.78 is 5.79. The summed E-state index contributed by atoms with van der Waals surface area (Å²) in [5, 5.41) is 0. The van der Waals surface area contributed by atoms with Crippen LogP contribution in [-0.2, 0) is 11.3 Å². The summed E-state index contributed by atoms with van der Waals surface area (Å²) in [6, 6.07) is 8.78. The van der Waals surface area contributed by atoms with Gasteiger partial charge < -0.3 is 4.74 Å². The van der Waals surface area contributed by atoms with Gasteiger partial charge in [-0.15, -0.1) is 23.5 Å². The van der Waals surface area contributed by atoms with Crippen LogP contribution in [0.1, 0.15) is 22.1 Å². The highest BCUT2D eigenvalue weighted by atomic mass is 32.2. The Morgan fingerprint density at radius 2 is 2.13 bits per heavy atom. The molecule has 2 rings (SSSR count). The minimum absolute atomic E-state index is 0.635. The summed E-state index contributed by atoms with van der Waals surface area (Å²) in [4.78, 5) is 0. The fourth-order valence-electron chi connectivity index (χ4n) is 1.68. The highest BCUT2D eigenvalue weighted by Crippen LogP contribution is 2.43. The van der Waals surface area contributed by atoms with Crippen LogP contribution in [-0.4, -0.2) is 18.6 Å². The Bertz CT molecular complexity index is 308. The third-order valence-electron chi connectivity index (χ3n) is 2.36. The molecule has 0 spiro atoms. The van der Waals surface area contributed by atoms with Crippen molar-refractivity contribution >= 4 is 23.5 Å². The van der Waals surface area contributed by atoms with E-state index in [2.05, 4.69) is 47.8 Å². The van der Waals surface area contributed by atoms with E-state index in [0.29, 0.717) is 4.58 Å². The van der Waals surface area contributed by atoms with Gasteiger partial charge in [0.05, 0.1) is 11.2 Å². The number of benzene rings is 1. The summed E-state index contributed by atoms with van der Waals surface area (Å²) in [5.41, 5.74) is 2.72. The van der Waals surface area contributed by atoms with E-state index in [0.717, 1.165) is 6.61 Å². The van der Waals surface area contributed by atoms with Gasteiger partial charge in [0.2, 0.25) is 0 Å². The van der Waals surface area contributed by atoms with Gasteiger partial charge in [-0.2, -0.15) is 0 Å². The number of thioether (sulfide) groups is 2. The van der Waals surface area contributed by atoms with E-state index >= 15 is 0 Å². The van der Waals surface area contributed by atoms with Crippen LogP contribution in [0.25, 0.3) is 0 Å². The van der Waals surface area contributed by atoms with Gasteiger partial charge in [-0.25, -0.2) is 0 Å². The van der Waals surface area contributed by atoms with Crippen molar-refractivity contribution in [2.75, 3.05) is 18.6 Å². The van der Waals surface area contributed by atoms with Gasteiger partial charge in [0.15, 0.2) is 0 Å². The number of rotatable bonds is 3. The van der Waals surface area contributed by atoms with E-state index in [4.69, 9.17) is 4.74 Å². The molecule has 0 unspecified atom stereocenters. The number of hydrogen-bond acceptors (Lipinski definition) is 3. The van der Waals surface area contributed by atoms with Crippen molar-refractivity contribution in [2.45, 2.75) is 17.6 Å². The summed E-state index contributed by atoms with van der Waals surface area (Å²) >= 11 is 4.13. The fraction of sp³-hybridized carbons (Fsp3) is 0.500. The van der Waals surface area contributed by atoms with E-state index in [9.17, 15) is 0 Å². The predicted octanol–water partition coefficient (Wildman–Crippen LogP) is 3.70. The molecule has 82 valence electrons. The quantitative estimate of drug-likeness (QED) is 0.797. The zero-order chi connectivity index (χ0) is 10.5. The Balaban J connectivity index is 2.09. The molecular formula is C12H16OS2. The third kappa shape index (κ3) is 3.16. The molecule has 0 aliphatic carbocycles. The van der Waals surface area contributed by atoms with Gasteiger partial charge in [-0.05, 0) is 29.1 Å². The van der Waals surface area contributed by atoms with E-state index in [1.165, 1.54) is 29.1 Å². The first kappa shape index (κ1) is 11.4. The maximum Gasteiger partial charge on any atom is 0.0751 e. The van der Waals surface area contributed by atoms with Gasteiger partial charge in [0.25, 0.3) is 0 Å². The zero-order valence-electron chi connectivity index (χ0n) is 8.94. The first-order chi connectivity index (χ1) is 7.40. The summed E-state index contributed by atoms with van der Waals surface area (Å²) in [5.74, 6) is 2.60. The molecule has 1 aromatic rings. The van der Waals surface area contributed by atoms with Crippen molar-refractivity contribution < 1.29 is 4.74 Å². The Labute approximate surface area is 100.0 Å². The van der Waals surface area contributed by atoms with Crippen LogP contribution in [0.2, 0.25) is 0 Å². The molecule has 1 aromatic carbocycles. The van der Waals surface area contributed by atoms with Crippen LogP contribution < -0.4 is 0 Å². The fourth-order valence-corrected chi connectivity index (χ4v) is 4.55. The number of ether oxygens (including phenoxy) is 1. The summed E-state index contributed by atoms with van der Waals surface area (Å²) in [6.45, 7) is 0.718. The highest BCUT2D eigenvalue weighted by molar-refractivity contribution is 8.16. The Hall–Kier alpha value is -0.120. The van der Waals surface area contributed by atoms with E-state index < -0.39 is 0 Å². The second-order valence-corrected chi connectivity index (χ2v) is 6.33. The molecule has 1 aliphatic rings. The van der Waals surface area contributed by atoms with Crippen LogP contribution in [0.5, 0.6) is 0 Å². The maximum atomic E-state index is 5.16. The van der Waals surface area contributed by atoms with Crippen molar-refractivity contribution in [3.05, 3.63) is 35.4 Å². The van der Waals surface area contributed by atoms with Crippen molar-refractivity contribution in [1.29, 1.82) is 0 Å². The average Bonchev–Trinajstić information content (AvgIpc) is 2.31. The topological polar surface area (TPSA) is 9.23 Å². The van der Waals surface area contributed by atoms with Gasteiger partial charge in [-0.1, -0.05) is 24.3 Å². The molecule has 1 aliphatic heterocycles. The van der Waals surface area contributed by atoms with Crippen molar-refractivity contribution in [1.82, 2.24) is 0 Å². The van der Waals surface area contributed by atoms with Gasteiger partial charge >= 0.3 is 0 Å². The van der Waals surface area contributed by atoms with Crippen LogP contribution in [0.15, 0.2) is 24.3 Å². The van der Waals surface area contributed by atoms with E-state index in [1.807, 2.05) is 0 Å². The molecule has 1 nitrogen and oxygen atoms in total. The summed E-state index contributed by atoms with van der Waals surface area (Å²) in [6.07, 6.45) is 1.35. The van der Waals surface area contributed by atoms with Crippen LogP contribution in [0.4, 0.5) is 0 Å². The predicted molar refractivity (Wildman–Crippen MR) is 69.4 cm³/mol. The SMILES string of the molecule is COCc1cccc(C2SCCCS2)c1. The third-order valence-corrected chi connectivity index (χ3v) is 5.38. The lowest BCUT2D eigenvalue weighted by molar-refractivity contribution is 0.185. The van der Waals surface area contributed by atoms with Crippen LogP contribution >= 0.6 is 23.5 Å². The molecular weight excluding hydrogens is 224 g/mol. The first-order valence-electron chi connectivity index (χ1n) is 5.21. The van der Waals surface area contributed by atoms with E-state index in [-0.39, 0.29) is 0 Å². The lowest BCUT2D eigenvalue weighted by Gasteiger charge is -2.21. The second-order valence-electron chi connectivity index (χ2n) is 3.61. The molecule has 0 bridgehead atoms. The highest BCUT2D eigenvalue weighted by Gasteiger charge is 2.16. The molecule has 0 saturated carbocycles. The maximum absolute atomic E-state index is 5.16. The number of hydrogen-bond donors (Lipinski definition) is 0. The molecule has 0 radical (unpaired) electrons.